The first-order valence-electron chi connectivity index (χ1n) is 6.45. The second-order valence-electron chi connectivity index (χ2n) is 4.21. The Kier molecular flexibility index (Phi) is 7.73. The zero-order valence-corrected chi connectivity index (χ0v) is 14.1. The average Bonchev–Trinajstić information content (AvgIpc) is 2.97. The van der Waals surface area contributed by atoms with Crippen molar-refractivity contribution >= 4 is 29.9 Å². The Bertz CT molecular complexity index is 556. The lowest BCUT2D eigenvalue weighted by Gasteiger charge is -2.12. The molecule has 0 bridgehead atoms. The van der Waals surface area contributed by atoms with Crippen LogP contribution in [0.5, 0.6) is 0 Å². The van der Waals surface area contributed by atoms with Crippen molar-refractivity contribution < 1.29 is 4.39 Å². The van der Waals surface area contributed by atoms with E-state index in [-0.39, 0.29) is 29.8 Å². The van der Waals surface area contributed by atoms with E-state index in [2.05, 4.69) is 20.7 Å². The van der Waals surface area contributed by atoms with Crippen LogP contribution in [0.15, 0.2) is 47.7 Å². The van der Waals surface area contributed by atoms with Crippen LogP contribution in [0.4, 0.5) is 4.39 Å². The number of aliphatic imine (C=N–C) groups is 1. The Labute approximate surface area is 140 Å². The average molecular weight is 403 g/mol. The van der Waals surface area contributed by atoms with Crippen molar-refractivity contribution in [1.29, 1.82) is 0 Å². The highest BCUT2D eigenvalue weighted by molar-refractivity contribution is 14.0. The maximum Gasteiger partial charge on any atom is 0.191 e. The zero-order valence-electron chi connectivity index (χ0n) is 11.8. The van der Waals surface area contributed by atoms with E-state index in [1.807, 2.05) is 23.0 Å². The summed E-state index contributed by atoms with van der Waals surface area (Å²) in [4.78, 5) is 4.09. The Morgan fingerprint density at radius 1 is 1.29 bits per heavy atom. The molecule has 21 heavy (non-hydrogen) atoms. The molecule has 0 amide bonds. The molecule has 7 heteroatoms. The van der Waals surface area contributed by atoms with Crippen LogP contribution in [0, 0.1) is 5.82 Å². The monoisotopic (exact) mass is 403 g/mol. The van der Waals surface area contributed by atoms with Crippen LogP contribution in [0.3, 0.4) is 0 Å². The molecule has 0 fully saturated rings. The van der Waals surface area contributed by atoms with Gasteiger partial charge in [0.1, 0.15) is 5.82 Å². The molecule has 0 atom stereocenters. The maximum atomic E-state index is 13.5. The first kappa shape index (κ1) is 17.4. The third kappa shape index (κ3) is 5.70. The predicted molar refractivity (Wildman–Crippen MR) is 92.2 cm³/mol. The minimum Gasteiger partial charge on any atom is -0.355 e. The van der Waals surface area contributed by atoms with Crippen LogP contribution in [0.1, 0.15) is 5.56 Å². The van der Waals surface area contributed by atoms with E-state index >= 15 is 0 Å². The molecule has 2 rings (SSSR count). The van der Waals surface area contributed by atoms with Gasteiger partial charge in [0, 0.05) is 38.1 Å². The third-order valence-corrected chi connectivity index (χ3v) is 2.82. The van der Waals surface area contributed by atoms with Gasteiger partial charge in [0.25, 0.3) is 0 Å². The highest BCUT2D eigenvalue weighted by atomic mass is 127. The minimum absolute atomic E-state index is 0. The number of benzene rings is 1. The van der Waals surface area contributed by atoms with Crippen LogP contribution >= 0.6 is 24.0 Å². The van der Waals surface area contributed by atoms with E-state index in [0.717, 1.165) is 6.54 Å². The van der Waals surface area contributed by atoms with Crippen molar-refractivity contribution in [3.63, 3.8) is 0 Å². The van der Waals surface area contributed by atoms with Crippen LogP contribution in [-0.2, 0) is 13.1 Å². The number of hydrogen-bond acceptors (Lipinski definition) is 2. The normalized spacial score (nSPS) is 10.9. The standard InChI is InChI=1S/C14H18FN5.HI/c1-16-14(17-8-10-20-9-4-7-19-20)18-11-12-5-2-3-6-13(12)15;/h2-7,9H,8,10-11H2,1H3,(H2,16,17,18);1H. The fourth-order valence-electron chi connectivity index (χ4n) is 1.76. The SMILES string of the molecule is CN=C(NCCn1cccn1)NCc1ccccc1F.I. The molecular formula is C14H19FIN5. The van der Waals surface area contributed by atoms with E-state index in [1.165, 1.54) is 6.07 Å². The quantitative estimate of drug-likeness (QED) is 0.456. The minimum atomic E-state index is -0.216. The molecule has 0 radical (unpaired) electrons. The molecule has 0 aliphatic rings. The number of nitrogens with zero attached hydrogens (tertiary/aromatic N) is 3. The topological polar surface area (TPSA) is 54.2 Å². The summed E-state index contributed by atoms with van der Waals surface area (Å²) in [7, 11) is 1.69. The van der Waals surface area contributed by atoms with Crippen LogP contribution in [0.2, 0.25) is 0 Å². The highest BCUT2D eigenvalue weighted by Gasteiger charge is 2.02. The summed E-state index contributed by atoms with van der Waals surface area (Å²) < 4.78 is 15.3. The summed E-state index contributed by atoms with van der Waals surface area (Å²) in [5.74, 6) is 0.424. The van der Waals surface area contributed by atoms with Gasteiger partial charge >= 0.3 is 0 Å². The highest BCUT2D eigenvalue weighted by Crippen LogP contribution is 2.05. The summed E-state index contributed by atoms with van der Waals surface area (Å²) in [5.41, 5.74) is 0.613. The Balaban J connectivity index is 0.00000220. The number of rotatable bonds is 5. The Morgan fingerprint density at radius 3 is 2.76 bits per heavy atom. The second kappa shape index (κ2) is 9.32. The fourth-order valence-corrected chi connectivity index (χ4v) is 1.76. The lowest BCUT2D eigenvalue weighted by Crippen LogP contribution is -2.38. The summed E-state index contributed by atoms with van der Waals surface area (Å²) in [5, 5.41) is 10.3. The van der Waals surface area contributed by atoms with Gasteiger partial charge in [0.05, 0.1) is 6.54 Å². The Morgan fingerprint density at radius 2 is 2.10 bits per heavy atom. The number of guanidine groups is 1. The van der Waals surface area contributed by atoms with E-state index in [4.69, 9.17) is 0 Å². The molecule has 0 unspecified atom stereocenters. The van der Waals surface area contributed by atoms with Gasteiger partial charge in [-0.3, -0.25) is 9.67 Å². The van der Waals surface area contributed by atoms with Crippen LogP contribution in [-0.4, -0.2) is 29.3 Å². The molecule has 0 aliphatic carbocycles. The van der Waals surface area contributed by atoms with Gasteiger partial charge in [-0.2, -0.15) is 5.10 Å². The van der Waals surface area contributed by atoms with Gasteiger partial charge < -0.3 is 10.6 Å². The van der Waals surface area contributed by atoms with E-state index in [9.17, 15) is 4.39 Å². The molecule has 0 aliphatic heterocycles. The van der Waals surface area contributed by atoms with Crippen molar-refractivity contribution in [2.24, 2.45) is 4.99 Å². The van der Waals surface area contributed by atoms with Gasteiger partial charge in [-0.25, -0.2) is 4.39 Å². The molecule has 0 spiro atoms. The summed E-state index contributed by atoms with van der Waals surface area (Å²) >= 11 is 0. The molecule has 1 heterocycles. The van der Waals surface area contributed by atoms with Gasteiger partial charge in [-0.1, -0.05) is 18.2 Å². The maximum absolute atomic E-state index is 13.5. The summed E-state index contributed by atoms with van der Waals surface area (Å²) in [6, 6.07) is 8.57. The first-order valence-corrected chi connectivity index (χ1v) is 6.45. The van der Waals surface area contributed by atoms with Crippen molar-refractivity contribution in [3.8, 4) is 0 Å². The molecule has 0 saturated carbocycles. The van der Waals surface area contributed by atoms with Gasteiger partial charge in [-0.15, -0.1) is 24.0 Å². The third-order valence-electron chi connectivity index (χ3n) is 2.82. The van der Waals surface area contributed by atoms with Crippen molar-refractivity contribution in [2.45, 2.75) is 13.1 Å². The van der Waals surface area contributed by atoms with E-state index in [1.54, 1.807) is 25.4 Å². The predicted octanol–water partition coefficient (Wildman–Crippen LogP) is 2.01. The summed E-state index contributed by atoms with van der Waals surface area (Å²) in [6.45, 7) is 1.83. The fraction of sp³-hybridized carbons (Fsp3) is 0.286. The number of halogens is 2. The van der Waals surface area contributed by atoms with E-state index in [0.29, 0.717) is 24.6 Å². The van der Waals surface area contributed by atoms with Gasteiger partial charge in [-0.05, 0) is 12.1 Å². The van der Waals surface area contributed by atoms with Gasteiger partial charge in [0.15, 0.2) is 5.96 Å². The Hall–Kier alpha value is -1.64. The van der Waals surface area contributed by atoms with Crippen molar-refractivity contribution in [2.75, 3.05) is 13.6 Å². The largest absolute Gasteiger partial charge is 0.355 e. The first-order chi connectivity index (χ1) is 9.79. The molecule has 5 nitrogen and oxygen atoms in total. The summed E-state index contributed by atoms with van der Waals surface area (Å²) in [6.07, 6.45) is 3.64. The lowest BCUT2D eigenvalue weighted by molar-refractivity contribution is 0.591. The molecule has 2 N–H and O–H groups in total. The molecule has 0 saturated heterocycles. The van der Waals surface area contributed by atoms with E-state index < -0.39 is 0 Å². The van der Waals surface area contributed by atoms with Crippen molar-refractivity contribution in [1.82, 2.24) is 20.4 Å². The molecule has 1 aromatic carbocycles. The second-order valence-corrected chi connectivity index (χ2v) is 4.21. The number of aromatic nitrogens is 2. The number of nitrogens with one attached hydrogen (secondary N) is 2. The van der Waals surface area contributed by atoms with Crippen LogP contribution < -0.4 is 10.6 Å². The van der Waals surface area contributed by atoms with Crippen LogP contribution in [0.25, 0.3) is 0 Å². The van der Waals surface area contributed by atoms with Gasteiger partial charge in [0.2, 0.25) is 0 Å². The molecule has 1 aromatic heterocycles. The zero-order chi connectivity index (χ0) is 14.2. The molecule has 2 aromatic rings. The smallest absolute Gasteiger partial charge is 0.191 e. The number of hydrogen-bond donors (Lipinski definition) is 2. The molecule has 114 valence electrons. The molecular weight excluding hydrogens is 384 g/mol. The lowest BCUT2D eigenvalue weighted by atomic mass is 10.2. The van der Waals surface area contributed by atoms with Crippen molar-refractivity contribution in [3.05, 3.63) is 54.1 Å².